The molecule has 0 aliphatic carbocycles. The highest BCUT2D eigenvalue weighted by Crippen LogP contribution is 2.38. The van der Waals surface area contributed by atoms with Crippen LogP contribution in [0.15, 0.2) is 39.8 Å². The van der Waals surface area contributed by atoms with E-state index in [2.05, 4.69) is 10.3 Å². The average molecular weight is 605 g/mol. The molecule has 2 amide bonds. The fraction of sp³-hybridized carbons (Fsp3) is 0.444. The predicted octanol–water partition coefficient (Wildman–Crippen LogP) is 3.05. The van der Waals surface area contributed by atoms with Crippen LogP contribution >= 0.6 is 22.9 Å². The van der Waals surface area contributed by atoms with E-state index in [-0.39, 0.29) is 48.4 Å². The Morgan fingerprint density at radius 1 is 1.29 bits per heavy atom. The van der Waals surface area contributed by atoms with Gasteiger partial charge in [-0.15, -0.1) is 11.3 Å². The van der Waals surface area contributed by atoms with Crippen molar-refractivity contribution in [3.63, 3.8) is 0 Å². The Balaban J connectivity index is 1.60. The number of benzene rings is 1. The summed E-state index contributed by atoms with van der Waals surface area (Å²) in [5, 5.41) is 15.7. The lowest BCUT2D eigenvalue weighted by Crippen LogP contribution is -2.62. The molecule has 11 nitrogen and oxygen atoms in total. The molecule has 0 saturated carbocycles. The zero-order chi connectivity index (χ0) is 29.4. The first-order valence-corrected chi connectivity index (χ1v) is 14.5. The Morgan fingerprint density at radius 3 is 2.73 bits per heavy atom. The van der Waals surface area contributed by atoms with Crippen LogP contribution < -0.4 is 5.32 Å². The standard InChI is InChI=1S/C27H30ClFN6O5S/c1-4-33-12-18-22(25(36)37)34(9-10-35(18)27(33)39)11-17-19(26(38)40-5-2)21(15-7-6-8-16(29)20(15)28)32-23(31-17)24-30-14(3)13-41-24/h6-8,13,18,21-22H,4-5,9-12H2,1-3H3,(H,31,32)(H,36,37)/t18-,21+,22?/m1/s1. The number of aliphatic carboxylic acids is 1. The summed E-state index contributed by atoms with van der Waals surface area (Å²) in [6, 6.07) is 1.49. The number of ether oxygens (including phenoxy) is 1. The highest BCUT2D eigenvalue weighted by atomic mass is 35.5. The summed E-state index contributed by atoms with van der Waals surface area (Å²) in [6.45, 7) is 6.78. The van der Waals surface area contributed by atoms with Crippen LogP contribution in [-0.4, -0.2) is 100 Å². The summed E-state index contributed by atoms with van der Waals surface area (Å²) in [6.07, 6.45) is 0. The molecule has 2 fully saturated rings. The summed E-state index contributed by atoms with van der Waals surface area (Å²) in [7, 11) is 0. The second kappa shape index (κ2) is 11.7. The zero-order valence-corrected chi connectivity index (χ0v) is 24.3. The van der Waals surface area contributed by atoms with Crippen molar-refractivity contribution in [2.45, 2.75) is 38.9 Å². The highest BCUT2D eigenvalue weighted by Gasteiger charge is 2.49. The molecule has 218 valence electrons. The summed E-state index contributed by atoms with van der Waals surface area (Å²) in [5.41, 5.74) is 1.48. The van der Waals surface area contributed by atoms with E-state index in [1.807, 2.05) is 19.2 Å². The monoisotopic (exact) mass is 604 g/mol. The van der Waals surface area contributed by atoms with Crippen molar-refractivity contribution in [3.05, 3.63) is 62.0 Å². The number of carbonyl (C=O) groups excluding carboxylic acids is 2. The summed E-state index contributed by atoms with van der Waals surface area (Å²) in [5.74, 6) is -2.08. The topological polar surface area (TPSA) is 128 Å². The van der Waals surface area contributed by atoms with Gasteiger partial charge < -0.3 is 25.0 Å². The molecule has 3 atom stereocenters. The molecule has 3 aliphatic heterocycles. The van der Waals surface area contributed by atoms with Crippen molar-refractivity contribution in [3.8, 4) is 0 Å². The lowest BCUT2D eigenvalue weighted by Gasteiger charge is -2.42. The van der Waals surface area contributed by atoms with E-state index in [4.69, 9.17) is 21.3 Å². The van der Waals surface area contributed by atoms with E-state index in [9.17, 15) is 23.9 Å². The van der Waals surface area contributed by atoms with E-state index < -0.39 is 35.9 Å². The van der Waals surface area contributed by atoms with Crippen molar-refractivity contribution in [1.82, 2.24) is 25.0 Å². The number of carboxylic acids is 1. The minimum absolute atomic E-state index is 0.00256. The number of likely N-dealkylation sites (N-methyl/N-ethyl adjacent to an activating group) is 1. The minimum atomic E-state index is -1.08. The maximum Gasteiger partial charge on any atom is 0.338 e. The Hall–Kier alpha value is -3.55. The molecule has 1 aromatic heterocycles. The number of amidine groups is 1. The van der Waals surface area contributed by atoms with Gasteiger partial charge in [-0.3, -0.25) is 14.7 Å². The van der Waals surface area contributed by atoms with Crippen LogP contribution in [0.4, 0.5) is 9.18 Å². The normalized spacial score (nSPS) is 22.9. The Morgan fingerprint density at radius 2 is 2.07 bits per heavy atom. The van der Waals surface area contributed by atoms with Crippen molar-refractivity contribution < 1.29 is 28.6 Å². The van der Waals surface area contributed by atoms with Crippen molar-refractivity contribution in [2.75, 3.05) is 39.3 Å². The van der Waals surface area contributed by atoms with Gasteiger partial charge in [0.25, 0.3) is 0 Å². The second-order valence-corrected chi connectivity index (χ2v) is 11.1. The van der Waals surface area contributed by atoms with Crippen LogP contribution in [0.2, 0.25) is 5.02 Å². The molecule has 1 aromatic carbocycles. The highest BCUT2D eigenvalue weighted by molar-refractivity contribution is 7.11. The molecule has 14 heteroatoms. The SMILES string of the molecule is CCOC(=O)C1=C(CN2CCN3C(=O)N(CC)C[C@@H]3C2C(=O)O)NC(c2nc(C)cs2)=N[C@H]1c1cccc(F)c1Cl. The van der Waals surface area contributed by atoms with Gasteiger partial charge in [-0.1, -0.05) is 23.7 Å². The van der Waals surface area contributed by atoms with Crippen molar-refractivity contribution >= 4 is 46.7 Å². The third kappa shape index (κ3) is 5.41. The lowest BCUT2D eigenvalue weighted by molar-refractivity contribution is -0.147. The number of piperazine rings is 1. The molecule has 0 spiro atoms. The van der Waals surface area contributed by atoms with Crippen molar-refractivity contribution in [1.29, 1.82) is 0 Å². The van der Waals surface area contributed by atoms with Crippen LogP contribution in [0.5, 0.6) is 0 Å². The second-order valence-electron chi connectivity index (χ2n) is 9.89. The number of thiazole rings is 1. The number of carbonyl (C=O) groups is 3. The quantitative estimate of drug-likeness (QED) is 0.440. The van der Waals surface area contributed by atoms with Gasteiger partial charge in [0.1, 0.15) is 17.9 Å². The van der Waals surface area contributed by atoms with Crippen LogP contribution in [0.3, 0.4) is 0 Å². The number of nitrogens with one attached hydrogen (secondary N) is 1. The number of nitrogens with zero attached hydrogens (tertiary/aromatic N) is 5. The van der Waals surface area contributed by atoms with E-state index in [1.165, 1.54) is 23.5 Å². The van der Waals surface area contributed by atoms with Gasteiger partial charge in [0.15, 0.2) is 10.8 Å². The van der Waals surface area contributed by atoms with Gasteiger partial charge in [0.05, 0.1) is 23.2 Å². The van der Waals surface area contributed by atoms with Gasteiger partial charge in [0, 0.05) is 55.1 Å². The number of amides is 2. The molecule has 2 aromatic rings. The number of fused-ring (bicyclic) bond motifs is 1. The molecule has 2 N–H and O–H groups in total. The molecular weight excluding hydrogens is 575 g/mol. The first-order valence-electron chi connectivity index (χ1n) is 13.3. The van der Waals surface area contributed by atoms with Crippen LogP contribution in [-0.2, 0) is 14.3 Å². The van der Waals surface area contributed by atoms with E-state index in [0.29, 0.717) is 29.6 Å². The fourth-order valence-electron chi connectivity index (χ4n) is 5.54. The number of esters is 1. The first-order chi connectivity index (χ1) is 19.6. The number of halogens is 2. The van der Waals surface area contributed by atoms with E-state index in [1.54, 1.807) is 27.7 Å². The average Bonchev–Trinajstić information content (AvgIpc) is 3.52. The van der Waals surface area contributed by atoms with E-state index in [0.717, 1.165) is 5.69 Å². The van der Waals surface area contributed by atoms with Gasteiger partial charge in [-0.25, -0.2) is 19.0 Å². The number of rotatable bonds is 8. The molecule has 1 unspecified atom stereocenters. The number of hydrogen-bond donors (Lipinski definition) is 2. The molecule has 4 heterocycles. The number of aliphatic imine (C=N–C) groups is 1. The molecule has 5 rings (SSSR count). The van der Waals surface area contributed by atoms with Crippen LogP contribution in [0.1, 0.15) is 36.2 Å². The molecular formula is C27H30ClFN6O5S. The number of carboxylic acid groups (broad SMARTS) is 1. The Labute approximate surface area is 245 Å². The van der Waals surface area contributed by atoms with Gasteiger partial charge in [-0.2, -0.15) is 0 Å². The number of aryl methyl sites for hydroxylation is 1. The number of hydrogen-bond acceptors (Lipinski definition) is 9. The first kappa shape index (κ1) is 29.0. The fourth-order valence-corrected chi connectivity index (χ4v) is 6.52. The predicted molar refractivity (Wildman–Crippen MR) is 150 cm³/mol. The van der Waals surface area contributed by atoms with Crippen LogP contribution in [0, 0.1) is 12.7 Å². The molecule has 2 saturated heterocycles. The van der Waals surface area contributed by atoms with E-state index >= 15 is 0 Å². The minimum Gasteiger partial charge on any atom is -0.480 e. The number of aromatic nitrogens is 1. The summed E-state index contributed by atoms with van der Waals surface area (Å²) >= 11 is 7.74. The smallest absolute Gasteiger partial charge is 0.338 e. The molecule has 0 bridgehead atoms. The Kier molecular flexibility index (Phi) is 8.30. The molecule has 41 heavy (non-hydrogen) atoms. The zero-order valence-electron chi connectivity index (χ0n) is 22.8. The summed E-state index contributed by atoms with van der Waals surface area (Å²) in [4.78, 5) is 53.1. The Bertz CT molecular complexity index is 1450. The van der Waals surface area contributed by atoms with Gasteiger partial charge in [-0.05, 0) is 26.8 Å². The third-order valence-electron chi connectivity index (χ3n) is 7.42. The largest absolute Gasteiger partial charge is 0.480 e. The lowest BCUT2D eigenvalue weighted by atomic mass is 9.94. The summed E-state index contributed by atoms with van der Waals surface area (Å²) < 4.78 is 20.0. The van der Waals surface area contributed by atoms with Gasteiger partial charge in [0.2, 0.25) is 0 Å². The maximum absolute atomic E-state index is 14.6. The molecule has 3 aliphatic rings. The third-order valence-corrected chi connectivity index (χ3v) is 8.79. The van der Waals surface area contributed by atoms with Crippen LogP contribution in [0.25, 0.3) is 0 Å². The maximum atomic E-state index is 14.6. The van der Waals surface area contributed by atoms with Gasteiger partial charge >= 0.3 is 18.0 Å². The number of urea groups is 1. The molecule has 0 radical (unpaired) electrons. The van der Waals surface area contributed by atoms with Crippen molar-refractivity contribution in [2.24, 2.45) is 4.99 Å².